The van der Waals surface area contributed by atoms with E-state index < -0.39 is 0 Å². The monoisotopic (exact) mass is 267 g/mol. The zero-order valence-electron chi connectivity index (χ0n) is 11.4. The Labute approximate surface area is 114 Å². The zero-order valence-corrected chi connectivity index (χ0v) is 12.2. The van der Waals surface area contributed by atoms with Gasteiger partial charge in [-0.2, -0.15) is 0 Å². The molecule has 1 aliphatic carbocycles. The van der Waals surface area contributed by atoms with Crippen LogP contribution in [0.3, 0.4) is 0 Å². The van der Waals surface area contributed by atoms with Crippen molar-refractivity contribution < 1.29 is 0 Å². The molecule has 18 heavy (non-hydrogen) atoms. The number of hydrogen-bond donors (Lipinski definition) is 1. The van der Waals surface area contributed by atoms with E-state index in [2.05, 4.69) is 29.1 Å². The van der Waals surface area contributed by atoms with Gasteiger partial charge in [0.2, 0.25) is 5.28 Å². The molecule has 1 aromatic rings. The lowest BCUT2D eigenvalue weighted by Gasteiger charge is -2.35. The van der Waals surface area contributed by atoms with E-state index in [1.807, 2.05) is 6.92 Å². The third-order valence-electron chi connectivity index (χ3n) is 3.94. The number of nitrogens with zero attached hydrogens (tertiary/aromatic N) is 2. The standard InChI is InChI=1S/C14H22ClN3/c1-9(2)11-6-4-5-7-12(11)17-13-10(3)8-16-14(15)18-13/h8-9,11-12H,4-7H2,1-3H3,(H,16,17,18). The highest BCUT2D eigenvalue weighted by Crippen LogP contribution is 2.32. The van der Waals surface area contributed by atoms with Gasteiger partial charge in [-0.15, -0.1) is 0 Å². The second-order valence-electron chi connectivity index (χ2n) is 5.61. The van der Waals surface area contributed by atoms with Crippen LogP contribution in [0.1, 0.15) is 45.1 Å². The normalized spacial score (nSPS) is 24.3. The fourth-order valence-corrected chi connectivity index (χ4v) is 3.01. The van der Waals surface area contributed by atoms with Gasteiger partial charge in [-0.05, 0) is 43.2 Å². The number of halogens is 1. The molecule has 1 heterocycles. The summed E-state index contributed by atoms with van der Waals surface area (Å²) >= 11 is 5.87. The Morgan fingerprint density at radius 3 is 2.78 bits per heavy atom. The van der Waals surface area contributed by atoms with Crippen molar-refractivity contribution in [2.45, 2.75) is 52.5 Å². The SMILES string of the molecule is Cc1cnc(Cl)nc1NC1CCCCC1C(C)C. The Balaban J connectivity index is 2.13. The van der Waals surface area contributed by atoms with E-state index in [0.29, 0.717) is 17.2 Å². The van der Waals surface area contributed by atoms with E-state index in [0.717, 1.165) is 17.3 Å². The molecule has 0 radical (unpaired) electrons. The summed E-state index contributed by atoms with van der Waals surface area (Å²) in [6, 6.07) is 0.517. The summed E-state index contributed by atoms with van der Waals surface area (Å²) in [4.78, 5) is 8.30. The van der Waals surface area contributed by atoms with E-state index in [1.165, 1.54) is 25.7 Å². The highest BCUT2D eigenvalue weighted by Gasteiger charge is 2.27. The first kappa shape index (κ1) is 13.6. The maximum Gasteiger partial charge on any atom is 0.224 e. The molecule has 0 saturated heterocycles. The molecule has 0 amide bonds. The van der Waals surface area contributed by atoms with Gasteiger partial charge in [-0.3, -0.25) is 0 Å². The Morgan fingerprint density at radius 1 is 1.33 bits per heavy atom. The first-order valence-electron chi connectivity index (χ1n) is 6.83. The molecule has 1 saturated carbocycles. The van der Waals surface area contributed by atoms with Gasteiger partial charge in [0.05, 0.1) is 0 Å². The average molecular weight is 268 g/mol. The average Bonchev–Trinajstić information content (AvgIpc) is 2.34. The largest absolute Gasteiger partial charge is 0.367 e. The Kier molecular flexibility index (Phi) is 4.44. The van der Waals surface area contributed by atoms with E-state index in [1.54, 1.807) is 6.20 Å². The molecular weight excluding hydrogens is 246 g/mol. The van der Waals surface area contributed by atoms with Gasteiger partial charge in [0.25, 0.3) is 0 Å². The smallest absolute Gasteiger partial charge is 0.224 e. The van der Waals surface area contributed by atoms with Gasteiger partial charge in [0.1, 0.15) is 5.82 Å². The zero-order chi connectivity index (χ0) is 13.1. The fraction of sp³-hybridized carbons (Fsp3) is 0.714. The number of hydrogen-bond acceptors (Lipinski definition) is 3. The summed E-state index contributed by atoms with van der Waals surface area (Å²) in [5.74, 6) is 2.33. The third-order valence-corrected chi connectivity index (χ3v) is 4.12. The lowest BCUT2D eigenvalue weighted by molar-refractivity contribution is 0.253. The summed E-state index contributed by atoms with van der Waals surface area (Å²) < 4.78 is 0. The predicted octanol–water partition coefficient (Wildman–Crippen LogP) is 4.07. The molecule has 2 atom stereocenters. The van der Waals surface area contributed by atoms with Crippen LogP contribution in [-0.2, 0) is 0 Å². The van der Waals surface area contributed by atoms with Crippen LogP contribution in [0.2, 0.25) is 5.28 Å². The highest BCUT2D eigenvalue weighted by molar-refractivity contribution is 6.28. The molecule has 0 bridgehead atoms. The van der Waals surface area contributed by atoms with Crippen LogP contribution in [-0.4, -0.2) is 16.0 Å². The Morgan fingerprint density at radius 2 is 2.06 bits per heavy atom. The number of aromatic nitrogens is 2. The first-order chi connectivity index (χ1) is 8.58. The molecule has 100 valence electrons. The minimum Gasteiger partial charge on any atom is -0.367 e. The maximum atomic E-state index is 5.87. The van der Waals surface area contributed by atoms with Crippen molar-refractivity contribution in [2.75, 3.05) is 5.32 Å². The second-order valence-corrected chi connectivity index (χ2v) is 5.95. The maximum absolute atomic E-state index is 5.87. The molecule has 2 unspecified atom stereocenters. The van der Waals surface area contributed by atoms with E-state index >= 15 is 0 Å². The van der Waals surface area contributed by atoms with Gasteiger partial charge in [-0.1, -0.05) is 26.7 Å². The molecule has 0 aromatic carbocycles. The van der Waals surface area contributed by atoms with Crippen LogP contribution in [0.25, 0.3) is 0 Å². The Hall–Kier alpha value is -0.830. The number of aryl methyl sites for hydroxylation is 1. The van der Waals surface area contributed by atoms with E-state index in [4.69, 9.17) is 11.6 Å². The molecule has 1 N–H and O–H groups in total. The van der Waals surface area contributed by atoms with Crippen molar-refractivity contribution in [3.63, 3.8) is 0 Å². The number of nitrogens with one attached hydrogen (secondary N) is 1. The number of anilines is 1. The third kappa shape index (κ3) is 3.14. The van der Waals surface area contributed by atoms with Crippen LogP contribution in [0, 0.1) is 18.8 Å². The van der Waals surface area contributed by atoms with Crippen LogP contribution in [0.4, 0.5) is 5.82 Å². The topological polar surface area (TPSA) is 37.8 Å². The molecule has 0 aliphatic heterocycles. The lowest BCUT2D eigenvalue weighted by Crippen LogP contribution is -2.35. The van der Waals surface area contributed by atoms with Crippen molar-refractivity contribution in [1.29, 1.82) is 0 Å². The van der Waals surface area contributed by atoms with Crippen molar-refractivity contribution in [1.82, 2.24) is 9.97 Å². The minimum absolute atomic E-state index is 0.319. The molecular formula is C14H22ClN3. The summed E-state index contributed by atoms with van der Waals surface area (Å²) in [5.41, 5.74) is 1.06. The van der Waals surface area contributed by atoms with Gasteiger partial charge in [-0.25, -0.2) is 9.97 Å². The molecule has 0 spiro atoms. The van der Waals surface area contributed by atoms with Crippen molar-refractivity contribution in [3.05, 3.63) is 17.0 Å². The molecule has 1 aromatic heterocycles. The summed E-state index contributed by atoms with van der Waals surface area (Å²) in [7, 11) is 0. The Bertz CT molecular complexity index is 406. The summed E-state index contributed by atoms with van der Waals surface area (Å²) in [6.07, 6.45) is 6.98. The van der Waals surface area contributed by atoms with Crippen LogP contribution in [0.15, 0.2) is 6.20 Å². The molecule has 1 fully saturated rings. The second kappa shape index (κ2) is 5.87. The quantitative estimate of drug-likeness (QED) is 0.839. The van der Waals surface area contributed by atoms with Gasteiger partial charge >= 0.3 is 0 Å². The molecule has 3 nitrogen and oxygen atoms in total. The van der Waals surface area contributed by atoms with Crippen molar-refractivity contribution in [3.8, 4) is 0 Å². The molecule has 2 rings (SSSR count). The van der Waals surface area contributed by atoms with Crippen LogP contribution < -0.4 is 5.32 Å². The first-order valence-corrected chi connectivity index (χ1v) is 7.21. The molecule has 4 heteroatoms. The van der Waals surface area contributed by atoms with Gasteiger partial charge < -0.3 is 5.32 Å². The van der Waals surface area contributed by atoms with Gasteiger partial charge in [0.15, 0.2) is 0 Å². The summed E-state index contributed by atoms with van der Waals surface area (Å²) in [6.45, 7) is 6.64. The number of rotatable bonds is 3. The van der Waals surface area contributed by atoms with Crippen molar-refractivity contribution in [2.24, 2.45) is 11.8 Å². The van der Waals surface area contributed by atoms with Gasteiger partial charge in [0, 0.05) is 17.8 Å². The lowest BCUT2D eigenvalue weighted by atomic mass is 9.78. The fourth-order valence-electron chi connectivity index (χ4n) is 2.88. The highest BCUT2D eigenvalue weighted by atomic mass is 35.5. The predicted molar refractivity (Wildman–Crippen MR) is 76.0 cm³/mol. The van der Waals surface area contributed by atoms with Crippen LogP contribution >= 0.6 is 11.6 Å². The van der Waals surface area contributed by atoms with Crippen LogP contribution in [0.5, 0.6) is 0 Å². The van der Waals surface area contributed by atoms with Crippen molar-refractivity contribution >= 4 is 17.4 Å². The van der Waals surface area contributed by atoms with E-state index in [-0.39, 0.29) is 0 Å². The minimum atomic E-state index is 0.319. The summed E-state index contributed by atoms with van der Waals surface area (Å²) in [5, 5.41) is 3.91. The molecule has 1 aliphatic rings. The van der Waals surface area contributed by atoms with E-state index in [9.17, 15) is 0 Å².